The van der Waals surface area contributed by atoms with E-state index in [0.29, 0.717) is 18.8 Å². The van der Waals surface area contributed by atoms with Crippen LogP contribution < -0.4 is 0 Å². The molecule has 2 aliphatic rings. The number of likely N-dealkylation sites (tertiary alicyclic amines) is 2. The van der Waals surface area contributed by atoms with Crippen molar-refractivity contribution in [3.05, 3.63) is 59.9 Å². The summed E-state index contributed by atoms with van der Waals surface area (Å²) in [5.41, 5.74) is 0.454. The van der Waals surface area contributed by atoms with Crippen LogP contribution in [0, 0.1) is 0 Å². The second kappa shape index (κ2) is 13.1. The van der Waals surface area contributed by atoms with Gasteiger partial charge in [-0.15, -0.1) is 0 Å². The molecular formula is C27H40N2O5. The number of hydrogen-bond acceptors (Lipinski definition) is 5. The summed E-state index contributed by atoms with van der Waals surface area (Å²) in [5.74, 6) is 0.374. The number of allylic oxidation sites excluding steroid dienone is 3. The molecule has 1 N–H and O–H groups in total. The second-order valence-electron chi connectivity index (χ2n) is 9.47. The molecule has 7 nitrogen and oxygen atoms in total. The third-order valence-corrected chi connectivity index (χ3v) is 5.58. The van der Waals surface area contributed by atoms with Crippen LogP contribution in [0.2, 0.25) is 0 Å². The highest BCUT2D eigenvalue weighted by molar-refractivity contribution is 5.71. The summed E-state index contributed by atoms with van der Waals surface area (Å²) in [5, 5.41) is 8.95. The summed E-state index contributed by atoms with van der Waals surface area (Å²) >= 11 is 0. The number of rotatable bonds is 5. The maximum atomic E-state index is 12.4. The number of amides is 2. The predicted octanol–water partition coefficient (Wildman–Crippen LogP) is 6.21. The molecule has 0 unspecified atom stereocenters. The van der Waals surface area contributed by atoms with Crippen molar-refractivity contribution in [1.29, 1.82) is 0 Å². The monoisotopic (exact) mass is 472 g/mol. The standard InChI is InChI=1S/C19H26N2O4.C8H14O/c1-19(2,3)25-18(23)21-12-10-15-16(21)9-11-20(15)17(22)24-13-14-7-5-4-6-8-14;1-3-5-7-8(9)6-4-2/h4-8,15-16H,9-13H2,1-3H3;5-7,9H,3-4H2,1-2H3/b;7-5-,8-6+/t15-,16-;/m1./s1. The molecule has 188 valence electrons. The van der Waals surface area contributed by atoms with E-state index < -0.39 is 5.60 Å². The van der Waals surface area contributed by atoms with Crippen molar-refractivity contribution < 1.29 is 24.2 Å². The van der Waals surface area contributed by atoms with Crippen molar-refractivity contribution in [2.75, 3.05) is 13.1 Å². The van der Waals surface area contributed by atoms with E-state index >= 15 is 0 Å². The van der Waals surface area contributed by atoms with Crippen molar-refractivity contribution in [3.8, 4) is 0 Å². The first-order valence-electron chi connectivity index (χ1n) is 12.2. The van der Waals surface area contributed by atoms with Crippen LogP contribution in [0.1, 0.15) is 65.9 Å². The zero-order valence-corrected chi connectivity index (χ0v) is 21.2. The van der Waals surface area contributed by atoms with Crippen molar-refractivity contribution in [3.63, 3.8) is 0 Å². The van der Waals surface area contributed by atoms with Crippen LogP contribution >= 0.6 is 0 Å². The number of carbonyl (C=O) groups is 2. The molecule has 0 radical (unpaired) electrons. The van der Waals surface area contributed by atoms with Gasteiger partial charge in [0.2, 0.25) is 0 Å². The van der Waals surface area contributed by atoms with Gasteiger partial charge in [0.1, 0.15) is 18.0 Å². The highest BCUT2D eigenvalue weighted by Crippen LogP contribution is 2.33. The van der Waals surface area contributed by atoms with Crippen LogP contribution in [0.15, 0.2) is 54.3 Å². The average molecular weight is 473 g/mol. The van der Waals surface area contributed by atoms with E-state index in [-0.39, 0.29) is 30.9 Å². The molecule has 2 fully saturated rings. The van der Waals surface area contributed by atoms with Gasteiger partial charge in [-0.2, -0.15) is 0 Å². The Bertz CT molecular complexity index is 844. The number of hydrogen-bond donors (Lipinski definition) is 1. The number of aliphatic hydroxyl groups excluding tert-OH is 1. The number of fused-ring (bicyclic) bond motifs is 1. The van der Waals surface area contributed by atoms with E-state index in [1.54, 1.807) is 22.0 Å². The number of aliphatic hydroxyl groups is 1. The summed E-state index contributed by atoms with van der Waals surface area (Å²) in [6.07, 6.45) is 8.25. The minimum absolute atomic E-state index is 0.0239. The molecule has 2 amide bonds. The van der Waals surface area contributed by atoms with Crippen LogP contribution in [-0.2, 0) is 16.1 Å². The number of carbonyl (C=O) groups excluding carboxylic acids is 2. The SMILES string of the molecule is CC(C)(C)OC(=O)N1CC[C@@H]2[C@H]1CCN2C(=O)OCc1ccccc1.CC/C=C\C(O)=C/CC. The molecule has 1 aromatic carbocycles. The topological polar surface area (TPSA) is 79.3 Å². The summed E-state index contributed by atoms with van der Waals surface area (Å²) in [4.78, 5) is 28.3. The van der Waals surface area contributed by atoms with Crippen LogP contribution in [0.3, 0.4) is 0 Å². The Labute approximate surface area is 204 Å². The lowest BCUT2D eigenvalue weighted by atomic mass is 10.1. The largest absolute Gasteiger partial charge is 0.508 e. The summed E-state index contributed by atoms with van der Waals surface area (Å²) < 4.78 is 10.9. The van der Waals surface area contributed by atoms with Gasteiger partial charge in [0.25, 0.3) is 0 Å². The minimum Gasteiger partial charge on any atom is -0.508 e. The van der Waals surface area contributed by atoms with Crippen molar-refractivity contribution in [2.24, 2.45) is 0 Å². The fourth-order valence-corrected chi connectivity index (χ4v) is 4.08. The van der Waals surface area contributed by atoms with Gasteiger partial charge < -0.3 is 24.4 Å². The highest BCUT2D eigenvalue weighted by Gasteiger charge is 2.47. The van der Waals surface area contributed by atoms with Gasteiger partial charge in [0, 0.05) is 13.1 Å². The van der Waals surface area contributed by atoms with Crippen LogP contribution in [0.5, 0.6) is 0 Å². The lowest BCUT2D eigenvalue weighted by molar-refractivity contribution is 0.0220. The summed E-state index contributed by atoms with van der Waals surface area (Å²) in [7, 11) is 0. The van der Waals surface area contributed by atoms with Gasteiger partial charge in [-0.05, 0) is 64.2 Å². The quantitative estimate of drug-likeness (QED) is 0.407. The van der Waals surface area contributed by atoms with E-state index in [2.05, 4.69) is 0 Å². The van der Waals surface area contributed by atoms with Crippen molar-refractivity contribution >= 4 is 12.2 Å². The molecule has 0 aliphatic carbocycles. The molecule has 2 aliphatic heterocycles. The number of benzene rings is 1. The Hall–Kier alpha value is -2.96. The Morgan fingerprint density at radius 2 is 1.59 bits per heavy atom. The lowest BCUT2D eigenvalue weighted by Crippen LogP contribution is -2.43. The smallest absolute Gasteiger partial charge is 0.410 e. The van der Waals surface area contributed by atoms with Crippen LogP contribution in [0.4, 0.5) is 9.59 Å². The average Bonchev–Trinajstić information content (AvgIpc) is 3.38. The van der Waals surface area contributed by atoms with Gasteiger partial charge in [-0.25, -0.2) is 9.59 Å². The molecule has 1 aromatic rings. The molecule has 7 heteroatoms. The normalized spacial score (nSPS) is 20.1. The number of nitrogens with zero attached hydrogens (tertiary/aromatic N) is 2. The molecule has 2 saturated heterocycles. The van der Waals surface area contributed by atoms with Crippen LogP contribution in [0.25, 0.3) is 0 Å². The van der Waals surface area contributed by atoms with Gasteiger partial charge in [-0.1, -0.05) is 50.3 Å². The molecule has 2 atom stereocenters. The second-order valence-corrected chi connectivity index (χ2v) is 9.47. The Balaban J connectivity index is 0.000000387. The van der Waals surface area contributed by atoms with E-state index in [1.165, 1.54) is 0 Å². The zero-order valence-electron chi connectivity index (χ0n) is 21.2. The lowest BCUT2D eigenvalue weighted by Gasteiger charge is -2.28. The fraction of sp³-hybridized carbons (Fsp3) is 0.556. The first kappa shape index (κ1) is 27.3. The van der Waals surface area contributed by atoms with E-state index in [0.717, 1.165) is 31.2 Å². The van der Waals surface area contributed by atoms with E-state index in [1.807, 2.05) is 71.0 Å². The van der Waals surface area contributed by atoms with Gasteiger partial charge in [-0.3, -0.25) is 0 Å². The van der Waals surface area contributed by atoms with Crippen molar-refractivity contribution in [2.45, 2.75) is 84.6 Å². The molecule has 0 saturated carbocycles. The van der Waals surface area contributed by atoms with Gasteiger partial charge >= 0.3 is 12.2 Å². The third-order valence-electron chi connectivity index (χ3n) is 5.58. The highest BCUT2D eigenvalue weighted by atomic mass is 16.6. The molecule has 2 heterocycles. The minimum atomic E-state index is -0.512. The molecule has 3 rings (SSSR count). The summed E-state index contributed by atoms with van der Waals surface area (Å²) in [6, 6.07) is 9.69. The Morgan fingerprint density at radius 3 is 2.12 bits per heavy atom. The van der Waals surface area contributed by atoms with E-state index in [9.17, 15) is 9.59 Å². The molecule has 0 aromatic heterocycles. The zero-order chi connectivity index (χ0) is 25.1. The Morgan fingerprint density at radius 1 is 1.00 bits per heavy atom. The molecular weight excluding hydrogens is 432 g/mol. The van der Waals surface area contributed by atoms with Gasteiger partial charge in [0.05, 0.1) is 12.1 Å². The first-order valence-corrected chi connectivity index (χ1v) is 12.2. The first-order chi connectivity index (χ1) is 16.2. The molecule has 0 spiro atoms. The van der Waals surface area contributed by atoms with E-state index in [4.69, 9.17) is 14.6 Å². The summed E-state index contributed by atoms with van der Waals surface area (Å²) in [6.45, 7) is 11.1. The number of ether oxygens (including phenoxy) is 2. The molecule has 34 heavy (non-hydrogen) atoms. The maximum absolute atomic E-state index is 12.4. The third kappa shape index (κ3) is 8.43. The molecule has 0 bridgehead atoms. The van der Waals surface area contributed by atoms with Crippen molar-refractivity contribution in [1.82, 2.24) is 9.80 Å². The van der Waals surface area contributed by atoms with Gasteiger partial charge in [0.15, 0.2) is 0 Å². The van der Waals surface area contributed by atoms with Crippen LogP contribution in [-0.4, -0.2) is 57.9 Å². The maximum Gasteiger partial charge on any atom is 0.410 e. The predicted molar refractivity (Wildman–Crippen MR) is 134 cm³/mol. The fourth-order valence-electron chi connectivity index (χ4n) is 4.08. The Kier molecular flexibility index (Phi) is 10.5.